The third-order valence-electron chi connectivity index (χ3n) is 6.30. The summed E-state index contributed by atoms with van der Waals surface area (Å²) in [4.78, 5) is 23.7. The van der Waals surface area contributed by atoms with Crippen molar-refractivity contribution >= 4 is 11.9 Å². The minimum absolute atomic E-state index is 0.00581. The van der Waals surface area contributed by atoms with Gasteiger partial charge in [-0.15, -0.1) is 0 Å². The highest BCUT2D eigenvalue weighted by molar-refractivity contribution is 5.69. The van der Waals surface area contributed by atoms with Crippen LogP contribution in [0.1, 0.15) is 149 Å². The lowest BCUT2D eigenvalue weighted by Crippen LogP contribution is -2.12. The van der Waals surface area contributed by atoms with Crippen molar-refractivity contribution in [2.45, 2.75) is 149 Å². The van der Waals surface area contributed by atoms with E-state index < -0.39 is 0 Å². The molecular formula is C28H54O4. The lowest BCUT2D eigenvalue weighted by molar-refractivity contribution is -0.145. The van der Waals surface area contributed by atoms with Crippen molar-refractivity contribution in [2.24, 2.45) is 5.92 Å². The second kappa shape index (κ2) is 24.6. The molecular weight excluding hydrogens is 400 g/mol. The van der Waals surface area contributed by atoms with Crippen LogP contribution in [0.2, 0.25) is 0 Å². The van der Waals surface area contributed by atoms with Gasteiger partial charge in [0.25, 0.3) is 0 Å². The van der Waals surface area contributed by atoms with Gasteiger partial charge in [-0.2, -0.15) is 0 Å². The number of hydrogen-bond donors (Lipinski definition) is 0. The van der Waals surface area contributed by atoms with E-state index in [1.807, 2.05) is 0 Å². The molecule has 0 amide bonds. The van der Waals surface area contributed by atoms with Crippen LogP contribution in [0, 0.1) is 5.92 Å². The van der Waals surface area contributed by atoms with Crippen LogP contribution in [0.5, 0.6) is 0 Å². The summed E-state index contributed by atoms with van der Waals surface area (Å²) in [7, 11) is 0. The van der Waals surface area contributed by atoms with Gasteiger partial charge in [0, 0.05) is 12.8 Å². The Hall–Kier alpha value is -1.06. The van der Waals surface area contributed by atoms with Crippen molar-refractivity contribution in [2.75, 3.05) is 13.2 Å². The Morgan fingerprint density at radius 3 is 1.56 bits per heavy atom. The fraction of sp³-hybridized carbons (Fsp3) is 0.929. The zero-order valence-electron chi connectivity index (χ0n) is 21.8. The number of unbranched alkanes of at least 4 members (excludes halogenated alkanes) is 13. The molecule has 0 aromatic carbocycles. The van der Waals surface area contributed by atoms with Crippen LogP contribution in [0.25, 0.3) is 0 Å². The van der Waals surface area contributed by atoms with Gasteiger partial charge in [-0.25, -0.2) is 0 Å². The Morgan fingerprint density at radius 1 is 0.562 bits per heavy atom. The zero-order valence-corrected chi connectivity index (χ0v) is 21.8. The molecule has 1 unspecified atom stereocenters. The first-order valence-corrected chi connectivity index (χ1v) is 13.9. The summed E-state index contributed by atoms with van der Waals surface area (Å²) in [6, 6.07) is 0. The highest BCUT2D eigenvalue weighted by atomic mass is 16.5. The highest BCUT2D eigenvalue weighted by Gasteiger charge is 2.13. The quantitative estimate of drug-likeness (QED) is 0.108. The summed E-state index contributed by atoms with van der Waals surface area (Å²) in [5.74, 6) is 0.450. The van der Waals surface area contributed by atoms with E-state index in [0.29, 0.717) is 32.0 Å². The highest BCUT2D eigenvalue weighted by Crippen LogP contribution is 2.19. The van der Waals surface area contributed by atoms with Crippen LogP contribution in [-0.4, -0.2) is 25.2 Å². The Kier molecular flexibility index (Phi) is 23.8. The van der Waals surface area contributed by atoms with Gasteiger partial charge in [0.1, 0.15) is 0 Å². The van der Waals surface area contributed by atoms with Gasteiger partial charge >= 0.3 is 11.9 Å². The molecule has 0 rings (SSSR count). The van der Waals surface area contributed by atoms with E-state index in [1.165, 1.54) is 64.2 Å². The number of esters is 2. The normalized spacial score (nSPS) is 12.0. The minimum Gasteiger partial charge on any atom is -0.466 e. The molecule has 0 heterocycles. The van der Waals surface area contributed by atoms with Crippen LogP contribution in [-0.2, 0) is 19.1 Å². The Morgan fingerprint density at radius 2 is 1.03 bits per heavy atom. The maximum absolute atomic E-state index is 12.0. The van der Waals surface area contributed by atoms with Crippen LogP contribution in [0.3, 0.4) is 0 Å². The summed E-state index contributed by atoms with van der Waals surface area (Å²) in [6.07, 6.45) is 22.1. The molecule has 0 saturated carbocycles. The van der Waals surface area contributed by atoms with E-state index >= 15 is 0 Å². The Balaban J connectivity index is 3.46. The average Bonchev–Trinajstić information content (AvgIpc) is 2.79. The van der Waals surface area contributed by atoms with Crippen LogP contribution < -0.4 is 0 Å². The summed E-state index contributed by atoms with van der Waals surface area (Å²) in [5.41, 5.74) is 0. The predicted octanol–water partition coefficient (Wildman–Crippen LogP) is 8.55. The molecule has 0 aliphatic rings. The largest absolute Gasteiger partial charge is 0.466 e. The van der Waals surface area contributed by atoms with E-state index in [4.69, 9.17) is 9.47 Å². The number of carbonyl (C=O) groups is 2. The van der Waals surface area contributed by atoms with Crippen molar-refractivity contribution in [3.63, 3.8) is 0 Å². The molecule has 0 aliphatic carbocycles. The van der Waals surface area contributed by atoms with E-state index in [-0.39, 0.29) is 11.9 Å². The molecule has 0 fully saturated rings. The van der Waals surface area contributed by atoms with Crippen molar-refractivity contribution in [1.82, 2.24) is 0 Å². The van der Waals surface area contributed by atoms with Crippen molar-refractivity contribution in [3.05, 3.63) is 0 Å². The molecule has 0 aromatic heterocycles. The van der Waals surface area contributed by atoms with Crippen molar-refractivity contribution in [1.29, 1.82) is 0 Å². The Labute approximate surface area is 199 Å². The second-order valence-corrected chi connectivity index (χ2v) is 9.41. The third-order valence-corrected chi connectivity index (χ3v) is 6.30. The molecule has 0 radical (unpaired) electrons. The molecule has 4 heteroatoms. The van der Waals surface area contributed by atoms with Crippen molar-refractivity contribution in [3.8, 4) is 0 Å². The molecule has 0 saturated heterocycles. The van der Waals surface area contributed by atoms with Crippen LogP contribution in [0.15, 0.2) is 0 Å². The van der Waals surface area contributed by atoms with Gasteiger partial charge in [-0.05, 0) is 31.6 Å². The maximum atomic E-state index is 12.0. The lowest BCUT2D eigenvalue weighted by Gasteiger charge is -2.14. The van der Waals surface area contributed by atoms with Crippen LogP contribution >= 0.6 is 0 Å². The fourth-order valence-electron chi connectivity index (χ4n) is 4.01. The van der Waals surface area contributed by atoms with Gasteiger partial charge in [-0.1, -0.05) is 111 Å². The van der Waals surface area contributed by atoms with Crippen molar-refractivity contribution < 1.29 is 19.1 Å². The summed E-state index contributed by atoms with van der Waals surface area (Å²) in [5, 5.41) is 0. The molecule has 0 aliphatic heterocycles. The van der Waals surface area contributed by atoms with E-state index in [1.54, 1.807) is 0 Å². The number of carbonyl (C=O) groups excluding carboxylic acids is 2. The fourth-order valence-corrected chi connectivity index (χ4v) is 4.01. The van der Waals surface area contributed by atoms with Gasteiger partial charge in [0.15, 0.2) is 0 Å². The van der Waals surface area contributed by atoms with Gasteiger partial charge in [-0.3, -0.25) is 9.59 Å². The first-order chi connectivity index (χ1) is 15.6. The molecule has 190 valence electrons. The SMILES string of the molecule is CCCCCCOC(=O)CCCCCCCCCCC(CC)CC(=O)OCCCCCC. The monoisotopic (exact) mass is 454 g/mol. The molecule has 0 N–H and O–H groups in total. The number of rotatable bonds is 24. The summed E-state index contributed by atoms with van der Waals surface area (Å²) in [6.45, 7) is 7.75. The van der Waals surface area contributed by atoms with E-state index in [2.05, 4.69) is 20.8 Å². The van der Waals surface area contributed by atoms with Gasteiger partial charge in [0.05, 0.1) is 13.2 Å². The predicted molar refractivity (Wildman–Crippen MR) is 135 cm³/mol. The number of ether oxygens (including phenoxy) is 2. The second-order valence-electron chi connectivity index (χ2n) is 9.41. The summed E-state index contributed by atoms with van der Waals surface area (Å²) >= 11 is 0. The van der Waals surface area contributed by atoms with E-state index in [9.17, 15) is 9.59 Å². The molecule has 0 aromatic rings. The molecule has 0 spiro atoms. The average molecular weight is 455 g/mol. The van der Waals surface area contributed by atoms with Crippen LogP contribution in [0.4, 0.5) is 0 Å². The molecule has 4 nitrogen and oxygen atoms in total. The maximum Gasteiger partial charge on any atom is 0.306 e. The summed E-state index contributed by atoms with van der Waals surface area (Å²) < 4.78 is 10.7. The van der Waals surface area contributed by atoms with E-state index in [0.717, 1.165) is 51.4 Å². The smallest absolute Gasteiger partial charge is 0.306 e. The minimum atomic E-state index is -0.0210. The Bertz CT molecular complexity index is 422. The first kappa shape index (κ1) is 30.9. The first-order valence-electron chi connectivity index (χ1n) is 13.9. The molecule has 32 heavy (non-hydrogen) atoms. The standard InChI is InChI=1S/C28H54O4/c1-4-7-9-19-23-31-27(29)22-18-16-14-12-11-13-15-17-21-26(6-3)25-28(30)32-24-20-10-8-5-2/h26H,4-25H2,1-3H3. The zero-order chi connectivity index (χ0) is 23.7. The van der Waals surface area contributed by atoms with Gasteiger partial charge in [0.2, 0.25) is 0 Å². The third kappa shape index (κ3) is 22.1. The molecule has 0 bridgehead atoms. The molecule has 1 atom stereocenters. The number of hydrogen-bond acceptors (Lipinski definition) is 4. The topological polar surface area (TPSA) is 52.6 Å². The van der Waals surface area contributed by atoms with Gasteiger partial charge < -0.3 is 9.47 Å². The lowest BCUT2D eigenvalue weighted by atomic mass is 9.95.